The zero-order valence-corrected chi connectivity index (χ0v) is 17.9. The SMILES string of the molecule is CCOC(=O)c1ccc(-c2ccc(/C=C3\NC(=O)N(Cc4ccc(Cl)cc4)C3=O)o2)cc1. The Morgan fingerprint density at radius 2 is 1.78 bits per heavy atom. The molecule has 0 bridgehead atoms. The van der Waals surface area contributed by atoms with Gasteiger partial charge in [-0.05, 0) is 48.9 Å². The van der Waals surface area contributed by atoms with Crippen molar-refractivity contribution >= 4 is 35.6 Å². The van der Waals surface area contributed by atoms with Gasteiger partial charge in [0.1, 0.15) is 17.2 Å². The molecule has 2 aromatic carbocycles. The third-order valence-corrected chi connectivity index (χ3v) is 5.06. The molecule has 1 saturated heterocycles. The summed E-state index contributed by atoms with van der Waals surface area (Å²) >= 11 is 5.88. The molecule has 1 N–H and O–H groups in total. The van der Waals surface area contributed by atoms with Crippen molar-refractivity contribution in [1.29, 1.82) is 0 Å². The standard InChI is InChI=1S/C24H19ClN2O5/c1-2-31-23(29)17-7-5-16(6-8-17)21-12-11-19(32-21)13-20-22(28)27(24(30)26-20)14-15-3-9-18(25)10-4-15/h3-13H,2,14H2,1H3,(H,26,30)/b20-13-. The molecule has 32 heavy (non-hydrogen) atoms. The van der Waals surface area contributed by atoms with E-state index in [0.29, 0.717) is 28.7 Å². The molecule has 1 aliphatic rings. The highest BCUT2D eigenvalue weighted by Gasteiger charge is 2.33. The van der Waals surface area contributed by atoms with Crippen molar-refractivity contribution in [3.05, 3.63) is 88.3 Å². The summed E-state index contributed by atoms with van der Waals surface area (Å²) in [5, 5.41) is 3.16. The first kappa shape index (κ1) is 21.4. The van der Waals surface area contributed by atoms with Crippen molar-refractivity contribution in [2.45, 2.75) is 13.5 Å². The molecular weight excluding hydrogens is 432 g/mol. The number of esters is 1. The van der Waals surface area contributed by atoms with Crippen LogP contribution in [0.2, 0.25) is 5.02 Å². The number of hydrogen-bond acceptors (Lipinski definition) is 5. The van der Waals surface area contributed by atoms with Crippen molar-refractivity contribution in [3.8, 4) is 11.3 Å². The maximum absolute atomic E-state index is 12.7. The minimum absolute atomic E-state index is 0.127. The largest absolute Gasteiger partial charge is 0.462 e. The topological polar surface area (TPSA) is 88.9 Å². The molecule has 0 aliphatic carbocycles. The summed E-state index contributed by atoms with van der Waals surface area (Å²) < 4.78 is 10.8. The van der Waals surface area contributed by atoms with Gasteiger partial charge >= 0.3 is 12.0 Å². The van der Waals surface area contributed by atoms with Gasteiger partial charge in [0.05, 0.1) is 18.7 Å². The van der Waals surface area contributed by atoms with Crippen LogP contribution in [0.15, 0.2) is 70.8 Å². The summed E-state index contributed by atoms with van der Waals surface area (Å²) in [4.78, 5) is 37.9. The molecule has 1 aromatic heterocycles. The normalized spacial score (nSPS) is 14.7. The van der Waals surface area contributed by atoms with Gasteiger partial charge in [-0.15, -0.1) is 0 Å². The number of ether oxygens (including phenoxy) is 1. The van der Waals surface area contributed by atoms with Gasteiger partial charge in [-0.2, -0.15) is 0 Å². The lowest BCUT2D eigenvalue weighted by molar-refractivity contribution is -0.123. The lowest BCUT2D eigenvalue weighted by Gasteiger charge is -2.11. The molecule has 4 rings (SSSR count). The highest BCUT2D eigenvalue weighted by Crippen LogP contribution is 2.25. The first-order chi connectivity index (χ1) is 15.4. The number of urea groups is 1. The highest BCUT2D eigenvalue weighted by molar-refractivity contribution is 6.30. The fraction of sp³-hybridized carbons (Fsp3) is 0.125. The van der Waals surface area contributed by atoms with E-state index in [0.717, 1.165) is 16.0 Å². The Kier molecular flexibility index (Phi) is 6.09. The zero-order valence-electron chi connectivity index (χ0n) is 17.1. The summed E-state index contributed by atoms with van der Waals surface area (Å²) in [5.41, 5.74) is 2.12. The van der Waals surface area contributed by atoms with E-state index in [1.54, 1.807) is 67.6 Å². The van der Waals surface area contributed by atoms with Crippen LogP contribution in [0.5, 0.6) is 0 Å². The zero-order chi connectivity index (χ0) is 22.7. The first-order valence-corrected chi connectivity index (χ1v) is 10.3. The summed E-state index contributed by atoms with van der Waals surface area (Å²) in [6.07, 6.45) is 1.48. The molecule has 3 amide bonds. The second-order valence-electron chi connectivity index (χ2n) is 7.01. The van der Waals surface area contributed by atoms with Gasteiger partial charge in [0.15, 0.2) is 0 Å². The number of hydrogen-bond donors (Lipinski definition) is 1. The number of furan rings is 1. The average molecular weight is 451 g/mol. The van der Waals surface area contributed by atoms with E-state index in [-0.39, 0.29) is 18.2 Å². The van der Waals surface area contributed by atoms with E-state index in [9.17, 15) is 14.4 Å². The van der Waals surface area contributed by atoms with Gasteiger partial charge in [0, 0.05) is 16.7 Å². The second-order valence-corrected chi connectivity index (χ2v) is 7.44. The minimum Gasteiger partial charge on any atom is -0.462 e. The van der Waals surface area contributed by atoms with Gasteiger partial charge in [-0.25, -0.2) is 9.59 Å². The van der Waals surface area contributed by atoms with Crippen LogP contribution in [0, 0.1) is 0 Å². The average Bonchev–Trinajstić information content (AvgIpc) is 3.36. The molecule has 0 radical (unpaired) electrons. The fourth-order valence-electron chi connectivity index (χ4n) is 3.20. The van der Waals surface area contributed by atoms with Crippen LogP contribution >= 0.6 is 11.6 Å². The molecule has 7 nitrogen and oxygen atoms in total. The second kappa shape index (κ2) is 9.11. The summed E-state index contributed by atoms with van der Waals surface area (Å²) in [5.74, 6) is 0.137. The van der Waals surface area contributed by atoms with Crippen LogP contribution in [0.25, 0.3) is 17.4 Å². The van der Waals surface area contributed by atoms with Crippen LogP contribution in [-0.4, -0.2) is 29.4 Å². The Morgan fingerprint density at radius 1 is 1.06 bits per heavy atom. The van der Waals surface area contributed by atoms with Crippen LogP contribution in [0.4, 0.5) is 4.79 Å². The maximum Gasteiger partial charge on any atom is 0.338 e. The number of imide groups is 1. The Morgan fingerprint density at radius 3 is 2.47 bits per heavy atom. The lowest BCUT2D eigenvalue weighted by Crippen LogP contribution is -2.30. The molecule has 1 aliphatic heterocycles. The van der Waals surface area contributed by atoms with E-state index in [4.69, 9.17) is 20.8 Å². The van der Waals surface area contributed by atoms with Crippen LogP contribution in [-0.2, 0) is 16.1 Å². The molecule has 0 saturated carbocycles. The Labute approximate surface area is 189 Å². The predicted molar refractivity (Wildman–Crippen MR) is 119 cm³/mol. The van der Waals surface area contributed by atoms with Gasteiger partial charge in [-0.1, -0.05) is 35.9 Å². The molecule has 0 atom stereocenters. The molecule has 0 unspecified atom stereocenters. The summed E-state index contributed by atoms with van der Waals surface area (Å²) in [6, 6.07) is 16.7. The van der Waals surface area contributed by atoms with Crippen molar-refractivity contribution in [1.82, 2.24) is 10.2 Å². The van der Waals surface area contributed by atoms with Crippen molar-refractivity contribution in [3.63, 3.8) is 0 Å². The molecule has 2 heterocycles. The molecule has 0 spiro atoms. The number of nitrogens with one attached hydrogen (secondary N) is 1. The number of nitrogens with zero attached hydrogens (tertiary/aromatic N) is 1. The number of carbonyl (C=O) groups is 3. The molecule has 162 valence electrons. The quantitative estimate of drug-likeness (QED) is 0.329. The summed E-state index contributed by atoms with van der Waals surface area (Å²) in [6.45, 7) is 2.19. The summed E-state index contributed by atoms with van der Waals surface area (Å²) in [7, 11) is 0. The minimum atomic E-state index is -0.502. The Bertz CT molecular complexity index is 1200. The smallest absolute Gasteiger partial charge is 0.338 e. The Balaban J connectivity index is 1.48. The van der Waals surface area contributed by atoms with Crippen LogP contribution in [0.3, 0.4) is 0 Å². The number of carbonyl (C=O) groups excluding carboxylic acids is 3. The fourth-order valence-corrected chi connectivity index (χ4v) is 3.33. The van der Waals surface area contributed by atoms with Crippen molar-refractivity contribution < 1.29 is 23.5 Å². The maximum atomic E-state index is 12.7. The van der Waals surface area contributed by atoms with Crippen LogP contribution in [0.1, 0.15) is 28.6 Å². The van der Waals surface area contributed by atoms with E-state index >= 15 is 0 Å². The third kappa shape index (κ3) is 4.58. The van der Waals surface area contributed by atoms with E-state index in [1.807, 2.05) is 0 Å². The van der Waals surface area contributed by atoms with Gasteiger partial charge in [0.25, 0.3) is 5.91 Å². The number of benzene rings is 2. The van der Waals surface area contributed by atoms with E-state index in [2.05, 4.69) is 5.32 Å². The molecular formula is C24H19ClN2O5. The van der Waals surface area contributed by atoms with Crippen molar-refractivity contribution in [2.75, 3.05) is 6.61 Å². The van der Waals surface area contributed by atoms with Gasteiger partial charge in [0.2, 0.25) is 0 Å². The lowest BCUT2D eigenvalue weighted by atomic mass is 10.1. The predicted octanol–water partition coefficient (Wildman–Crippen LogP) is 4.87. The van der Waals surface area contributed by atoms with E-state index in [1.165, 1.54) is 6.08 Å². The van der Waals surface area contributed by atoms with Gasteiger partial charge < -0.3 is 14.5 Å². The molecule has 1 fully saturated rings. The third-order valence-electron chi connectivity index (χ3n) is 4.81. The van der Waals surface area contributed by atoms with Crippen molar-refractivity contribution in [2.24, 2.45) is 0 Å². The van der Waals surface area contributed by atoms with Gasteiger partial charge in [-0.3, -0.25) is 9.69 Å². The van der Waals surface area contributed by atoms with Crippen LogP contribution < -0.4 is 5.32 Å². The number of halogens is 1. The number of rotatable bonds is 6. The molecule has 8 heteroatoms. The Hall–Kier alpha value is -3.84. The molecule has 3 aromatic rings. The highest BCUT2D eigenvalue weighted by atomic mass is 35.5. The van der Waals surface area contributed by atoms with E-state index < -0.39 is 11.9 Å². The first-order valence-electron chi connectivity index (χ1n) is 9.91. The monoisotopic (exact) mass is 450 g/mol. The number of amides is 3.